The average Bonchev–Trinajstić information content (AvgIpc) is 2.26. The van der Waals surface area contributed by atoms with Crippen LogP contribution in [0.2, 0.25) is 0 Å². The third kappa shape index (κ3) is 4.33. The molecule has 1 rings (SSSR count). The molecule has 0 aliphatic heterocycles. The Kier molecular flexibility index (Phi) is 5.91. The van der Waals surface area contributed by atoms with Gasteiger partial charge in [-0.2, -0.15) is 0 Å². The molecular weight excluding hydrogens is 254 g/mol. The van der Waals surface area contributed by atoms with Crippen LogP contribution in [0.25, 0.3) is 0 Å². The van der Waals surface area contributed by atoms with Crippen LogP contribution < -0.4 is 5.32 Å². The van der Waals surface area contributed by atoms with E-state index in [1.807, 2.05) is 6.07 Å². The highest BCUT2D eigenvalue weighted by molar-refractivity contribution is 9.10. The molecule has 15 heavy (non-hydrogen) atoms. The second-order valence-electron chi connectivity index (χ2n) is 3.53. The standard InChI is InChI=1S/C12H18BrNO/c1-3-11(9-15-2)14-8-10-6-4-5-7-12(10)13/h4-7,11,14H,3,8-9H2,1-2H3/t11-/m0/s1. The molecule has 0 fully saturated rings. The summed E-state index contributed by atoms with van der Waals surface area (Å²) in [6.45, 7) is 3.81. The van der Waals surface area contributed by atoms with Crippen molar-refractivity contribution in [2.24, 2.45) is 0 Å². The molecule has 0 heterocycles. The van der Waals surface area contributed by atoms with Gasteiger partial charge >= 0.3 is 0 Å². The summed E-state index contributed by atoms with van der Waals surface area (Å²) in [5, 5.41) is 3.47. The summed E-state index contributed by atoms with van der Waals surface area (Å²) in [7, 11) is 1.74. The number of methoxy groups -OCH3 is 1. The minimum absolute atomic E-state index is 0.433. The second kappa shape index (κ2) is 6.99. The van der Waals surface area contributed by atoms with E-state index < -0.39 is 0 Å². The van der Waals surface area contributed by atoms with E-state index in [1.165, 1.54) is 5.56 Å². The van der Waals surface area contributed by atoms with Gasteiger partial charge in [0, 0.05) is 24.2 Å². The van der Waals surface area contributed by atoms with Gasteiger partial charge < -0.3 is 10.1 Å². The first-order chi connectivity index (χ1) is 7.27. The van der Waals surface area contributed by atoms with E-state index in [-0.39, 0.29) is 0 Å². The zero-order valence-electron chi connectivity index (χ0n) is 9.29. The molecule has 0 aliphatic carbocycles. The van der Waals surface area contributed by atoms with E-state index >= 15 is 0 Å². The van der Waals surface area contributed by atoms with Crippen LogP contribution in [0.1, 0.15) is 18.9 Å². The van der Waals surface area contributed by atoms with Crippen LogP contribution in [-0.2, 0) is 11.3 Å². The number of halogens is 1. The molecule has 2 nitrogen and oxygen atoms in total. The van der Waals surface area contributed by atoms with Gasteiger partial charge in [0.2, 0.25) is 0 Å². The van der Waals surface area contributed by atoms with Crippen LogP contribution in [0, 0.1) is 0 Å². The first-order valence-electron chi connectivity index (χ1n) is 5.23. The van der Waals surface area contributed by atoms with Crippen LogP contribution in [0.3, 0.4) is 0 Å². The van der Waals surface area contributed by atoms with Gasteiger partial charge in [-0.25, -0.2) is 0 Å². The van der Waals surface area contributed by atoms with Gasteiger partial charge in [0.05, 0.1) is 6.61 Å². The Hall–Kier alpha value is -0.380. The fourth-order valence-electron chi connectivity index (χ4n) is 1.42. The van der Waals surface area contributed by atoms with E-state index in [4.69, 9.17) is 4.74 Å². The predicted octanol–water partition coefficient (Wildman–Crippen LogP) is 2.96. The molecule has 1 atom stereocenters. The lowest BCUT2D eigenvalue weighted by molar-refractivity contribution is 0.164. The van der Waals surface area contributed by atoms with Crippen molar-refractivity contribution in [2.75, 3.05) is 13.7 Å². The highest BCUT2D eigenvalue weighted by atomic mass is 79.9. The van der Waals surface area contributed by atoms with E-state index in [0.29, 0.717) is 6.04 Å². The Morgan fingerprint density at radius 2 is 2.13 bits per heavy atom. The molecule has 0 bridgehead atoms. The van der Waals surface area contributed by atoms with E-state index in [0.717, 1.165) is 24.0 Å². The van der Waals surface area contributed by atoms with Gasteiger partial charge in [0.1, 0.15) is 0 Å². The number of rotatable bonds is 6. The molecule has 1 aromatic carbocycles. The molecule has 0 radical (unpaired) electrons. The molecule has 0 aliphatic rings. The summed E-state index contributed by atoms with van der Waals surface area (Å²) in [6.07, 6.45) is 1.08. The monoisotopic (exact) mass is 271 g/mol. The lowest BCUT2D eigenvalue weighted by atomic mass is 10.2. The molecule has 1 aromatic rings. The van der Waals surface area contributed by atoms with Crippen molar-refractivity contribution in [3.63, 3.8) is 0 Å². The van der Waals surface area contributed by atoms with Crippen LogP contribution in [-0.4, -0.2) is 19.8 Å². The number of ether oxygens (including phenoxy) is 1. The number of hydrogen-bond acceptors (Lipinski definition) is 2. The summed E-state index contributed by atoms with van der Waals surface area (Å²) < 4.78 is 6.30. The Balaban J connectivity index is 2.45. The molecule has 0 amide bonds. The molecular formula is C12H18BrNO. The smallest absolute Gasteiger partial charge is 0.0615 e. The summed E-state index contributed by atoms with van der Waals surface area (Å²) in [5.74, 6) is 0. The molecule has 84 valence electrons. The van der Waals surface area contributed by atoms with Crippen molar-refractivity contribution in [1.82, 2.24) is 5.32 Å². The van der Waals surface area contributed by atoms with Crippen LogP contribution in [0.4, 0.5) is 0 Å². The third-order valence-electron chi connectivity index (χ3n) is 2.40. The quantitative estimate of drug-likeness (QED) is 0.859. The maximum absolute atomic E-state index is 5.14. The Labute approximate surface area is 100 Å². The molecule has 0 unspecified atom stereocenters. The zero-order chi connectivity index (χ0) is 11.1. The third-order valence-corrected chi connectivity index (χ3v) is 3.17. The summed E-state index contributed by atoms with van der Waals surface area (Å²) in [5.41, 5.74) is 1.28. The highest BCUT2D eigenvalue weighted by Gasteiger charge is 2.05. The van der Waals surface area contributed by atoms with Crippen molar-refractivity contribution in [3.05, 3.63) is 34.3 Å². The van der Waals surface area contributed by atoms with Crippen LogP contribution in [0.15, 0.2) is 28.7 Å². The second-order valence-corrected chi connectivity index (χ2v) is 4.39. The average molecular weight is 272 g/mol. The van der Waals surface area contributed by atoms with Gasteiger partial charge in [-0.3, -0.25) is 0 Å². The van der Waals surface area contributed by atoms with Gasteiger partial charge in [0.25, 0.3) is 0 Å². The summed E-state index contributed by atoms with van der Waals surface area (Å²) >= 11 is 3.54. The highest BCUT2D eigenvalue weighted by Crippen LogP contribution is 2.15. The van der Waals surface area contributed by atoms with Crippen LogP contribution in [0.5, 0.6) is 0 Å². The first kappa shape index (κ1) is 12.7. The topological polar surface area (TPSA) is 21.3 Å². The van der Waals surface area contributed by atoms with Gasteiger partial charge in [-0.1, -0.05) is 41.1 Å². The van der Waals surface area contributed by atoms with E-state index in [1.54, 1.807) is 7.11 Å². The van der Waals surface area contributed by atoms with Crippen molar-refractivity contribution in [1.29, 1.82) is 0 Å². The molecule has 1 N–H and O–H groups in total. The van der Waals surface area contributed by atoms with Crippen LogP contribution >= 0.6 is 15.9 Å². The molecule has 0 saturated carbocycles. The first-order valence-corrected chi connectivity index (χ1v) is 6.03. The van der Waals surface area contributed by atoms with Gasteiger partial charge in [-0.05, 0) is 18.1 Å². The molecule has 0 aromatic heterocycles. The number of hydrogen-bond donors (Lipinski definition) is 1. The number of nitrogens with one attached hydrogen (secondary N) is 1. The molecule has 3 heteroatoms. The maximum Gasteiger partial charge on any atom is 0.0615 e. The van der Waals surface area contributed by atoms with Crippen molar-refractivity contribution in [3.8, 4) is 0 Å². The fourth-order valence-corrected chi connectivity index (χ4v) is 1.84. The van der Waals surface area contributed by atoms with Gasteiger partial charge in [-0.15, -0.1) is 0 Å². The fraction of sp³-hybridized carbons (Fsp3) is 0.500. The Bertz CT molecular complexity index is 291. The lowest BCUT2D eigenvalue weighted by Gasteiger charge is -2.16. The predicted molar refractivity (Wildman–Crippen MR) is 66.9 cm³/mol. The molecule has 0 spiro atoms. The van der Waals surface area contributed by atoms with E-state index in [2.05, 4.69) is 46.4 Å². The summed E-state index contributed by atoms with van der Waals surface area (Å²) in [6, 6.07) is 8.70. The SMILES string of the molecule is CC[C@@H](COC)NCc1ccccc1Br. The minimum atomic E-state index is 0.433. The molecule has 0 saturated heterocycles. The minimum Gasteiger partial charge on any atom is -0.383 e. The number of benzene rings is 1. The lowest BCUT2D eigenvalue weighted by Crippen LogP contribution is -2.32. The van der Waals surface area contributed by atoms with E-state index in [9.17, 15) is 0 Å². The zero-order valence-corrected chi connectivity index (χ0v) is 10.9. The Morgan fingerprint density at radius 3 is 2.73 bits per heavy atom. The normalized spacial score (nSPS) is 12.7. The Morgan fingerprint density at radius 1 is 1.40 bits per heavy atom. The summed E-state index contributed by atoms with van der Waals surface area (Å²) in [4.78, 5) is 0. The van der Waals surface area contributed by atoms with Crippen molar-refractivity contribution < 1.29 is 4.74 Å². The maximum atomic E-state index is 5.14. The van der Waals surface area contributed by atoms with Crippen molar-refractivity contribution in [2.45, 2.75) is 25.9 Å². The van der Waals surface area contributed by atoms with Crippen molar-refractivity contribution >= 4 is 15.9 Å². The van der Waals surface area contributed by atoms with Gasteiger partial charge in [0.15, 0.2) is 0 Å². The largest absolute Gasteiger partial charge is 0.383 e.